The summed E-state index contributed by atoms with van der Waals surface area (Å²) in [4.78, 5) is 28.6. The number of amides is 3. The molecule has 1 atom stereocenters. The lowest BCUT2D eigenvalue weighted by atomic mass is 10.2. The van der Waals surface area contributed by atoms with Crippen LogP contribution in [0, 0.1) is 0 Å². The molecule has 0 spiro atoms. The van der Waals surface area contributed by atoms with Crippen LogP contribution in [0.15, 0.2) is 36.5 Å². The molecule has 0 bridgehead atoms. The molecule has 8 heteroatoms. The third-order valence-electron chi connectivity index (χ3n) is 3.16. The van der Waals surface area contributed by atoms with Crippen LogP contribution in [0.25, 0.3) is 10.4 Å². The van der Waals surface area contributed by atoms with E-state index < -0.39 is 12.1 Å². The SMILES string of the molecule is CN1C[C@@H](NC(=O)Nc2ncc(-c3ccccc3)s2)C(=O)N1. The van der Waals surface area contributed by atoms with E-state index in [0.717, 1.165) is 10.4 Å². The predicted molar refractivity (Wildman–Crippen MR) is 84.3 cm³/mol. The largest absolute Gasteiger partial charge is 0.325 e. The topological polar surface area (TPSA) is 86.4 Å². The third kappa shape index (κ3) is 3.23. The minimum atomic E-state index is -0.557. The first-order chi connectivity index (χ1) is 10.6. The van der Waals surface area contributed by atoms with Crippen molar-refractivity contribution < 1.29 is 9.59 Å². The number of carbonyl (C=O) groups is 2. The van der Waals surface area contributed by atoms with Crippen molar-refractivity contribution >= 4 is 28.4 Å². The van der Waals surface area contributed by atoms with Gasteiger partial charge in [-0.05, 0) is 5.56 Å². The fourth-order valence-electron chi connectivity index (χ4n) is 2.14. The Kier molecular flexibility index (Phi) is 4.03. The second-order valence-electron chi connectivity index (χ2n) is 4.90. The Labute approximate surface area is 131 Å². The van der Waals surface area contributed by atoms with Crippen LogP contribution in [0.4, 0.5) is 9.93 Å². The number of carbonyl (C=O) groups excluding carboxylic acids is 2. The van der Waals surface area contributed by atoms with Crippen LogP contribution in [-0.2, 0) is 4.79 Å². The molecule has 1 aliphatic heterocycles. The molecular formula is C14H15N5O2S. The first kappa shape index (κ1) is 14.5. The van der Waals surface area contributed by atoms with E-state index in [4.69, 9.17) is 0 Å². The first-order valence-corrected chi connectivity index (χ1v) is 7.54. The van der Waals surface area contributed by atoms with Gasteiger partial charge in [0.25, 0.3) is 5.91 Å². The maximum atomic E-state index is 11.9. The van der Waals surface area contributed by atoms with Crippen molar-refractivity contribution in [2.24, 2.45) is 0 Å². The van der Waals surface area contributed by atoms with Crippen molar-refractivity contribution in [3.63, 3.8) is 0 Å². The summed E-state index contributed by atoms with van der Waals surface area (Å²) in [7, 11) is 1.74. The Balaban J connectivity index is 1.61. The lowest BCUT2D eigenvalue weighted by Crippen LogP contribution is -2.43. The smallest absolute Gasteiger partial charge is 0.321 e. The average molecular weight is 317 g/mol. The zero-order valence-electron chi connectivity index (χ0n) is 11.9. The fourth-order valence-corrected chi connectivity index (χ4v) is 2.96. The van der Waals surface area contributed by atoms with E-state index in [9.17, 15) is 9.59 Å². The zero-order valence-corrected chi connectivity index (χ0v) is 12.7. The van der Waals surface area contributed by atoms with Gasteiger partial charge in [-0.15, -0.1) is 0 Å². The first-order valence-electron chi connectivity index (χ1n) is 6.72. The molecule has 1 aliphatic rings. The number of hydrogen-bond donors (Lipinski definition) is 3. The number of hydrazine groups is 1. The second kappa shape index (κ2) is 6.12. The molecule has 0 radical (unpaired) electrons. The highest BCUT2D eigenvalue weighted by molar-refractivity contribution is 7.19. The summed E-state index contributed by atoms with van der Waals surface area (Å²) < 4.78 is 0. The summed E-state index contributed by atoms with van der Waals surface area (Å²) in [6, 6.07) is 8.81. The Morgan fingerprint density at radius 3 is 2.86 bits per heavy atom. The maximum Gasteiger partial charge on any atom is 0.321 e. The summed E-state index contributed by atoms with van der Waals surface area (Å²) >= 11 is 1.38. The van der Waals surface area contributed by atoms with Crippen LogP contribution in [-0.4, -0.2) is 41.6 Å². The second-order valence-corrected chi connectivity index (χ2v) is 5.93. The van der Waals surface area contributed by atoms with Gasteiger partial charge in [0.2, 0.25) is 0 Å². The van der Waals surface area contributed by atoms with Crippen LogP contribution in [0.2, 0.25) is 0 Å². The van der Waals surface area contributed by atoms with Crippen LogP contribution in [0.5, 0.6) is 0 Å². The third-order valence-corrected chi connectivity index (χ3v) is 4.13. The van der Waals surface area contributed by atoms with E-state index in [1.807, 2.05) is 30.3 Å². The van der Waals surface area contributed by atoms with Gasteiger partial charge in [-0.25, -0.2) is 14.8 Å². The molecule has 1 fully saturated rings. The molecule has 1 aromatic heterocycles. The molecule has 7 nitrogen and oxygen atoms in total. The summed E-state index contributed by atoms with van der Waals surface area (Å²) in [6.45, 7) is 0.430. The number of aromatic nitrogens is 1. The minimum Gasteiger partial charge on any atom is -0.325 e. The van der Waals surface area contributed by atoms with Crippen LogP contribution >= 0.6 is 11.3 Å². The standard InChI is InChI=1S/C14H15N5O2S/c1-19-8-10(12(20)18-19)16-13(21)17-14-15-7-11(22-14)9-5-3-2-4-6-9/h2-7,10H,8H2,1H3,(H,18,20)(H2,15,16,17,21)/t10-/m1/s1. The minimum absolute atomic E-state index is 0.221. The van der Waals surface area contributed by atoms with Gasteiger partial charge in [-0.3, -0.25) is 15.5 Å². The van der Waals surface area contributed by atoms with Crippen LogP contribution < -0.4 is 16.1 Å². The molecule has 2 aromatic rings. The quantitative estimate of drug-likeness (QED) is 0.796. The van der Waals surface area contributed by atoms with Crippen molar-refractivity contribution in [3.8, 4) is 10.4 Å². The molecule has 0 unspecified atom stereocenters. The number of likely N-dealkylation sites (N-methyl/N-ethyl adjacent to an activating group) is 1. The number of urea groups is 1. The van der Waals surface area contributed by atoms with E-state index in [0.29, 0.717) is 11.7 Å². The Morgan fingerprint density at radius 1 is 1.41 bits per heavy atom. The number of anilines is 1. The Bertz CT molecular complexity index is 688. The molecule has 3 N–H and O–H groups in total. The monoisotopic (exact) mass is 317 g/mol. The van der Waals surface area contributed by atoms with Crippen LogP contribution in [0.1, 0.15) is 0 Å². The number of benzene rings is 1. The molecule has 1 saturated heterocycles. The molecule has 3 rings (SSSR count). The highest BCUT2D eigenvalue weighted by atomic mass is 32.1. The average Bonchev–Trinajstić information content (AvgIpc) is 3.07. The molecule has 0 aliphatic carbocycles. The summed E-state index contributed by atoms with van der Waals surface area (Å²) in [5, 5.41) is 7.39. The number of nitrogens with zero attached hydrogens (tertiary/aromatic N) is 2. The Hall–Kier alpha value is -2.45. The predicted octanol–water partition coefficient (Wildman–Crippen LogP) is 1.28. The molecule has 3 amide bonds. The molecule has 2 heterocycles. The highest BCUT2D eigenvalue weighted by Crippen LogP contribution is 2.28. The van der Waals surface area contributed by atoms with Gasteiger partial charge in [0.1, 0.15) is 6.04 Å². The molecule has 1 aromatic carbocycles. The van der Waals surface area contributed by atoms with Crippen LogP contribution in [0.3, 0.4) is 0 Å². The number of rotatable bonds is 3. The fraction of sp³-hybridized carbons (Fsp3) is 0.214. The van der Waals surface area contributed by atoms with Gasteiger partial charge in [0, 0.05) is 19.8 Å². The molecule has 22 heavy (non-hydrogen) atoms. The lowest BCUT2D eigenvalue weighted by molar-refractivity contribution is -0.122. The van der Waals surface area contributed by atoms with Gasteiger partial charge in [-0.1, -0.05) is 41.7 Å². The van der Waals surface area contributed by atoms with Gasteiger partial charge in [-0.2, -0.15) is 0 Å². The van der Waals surface area contributed by atoms with Crippen molar-refractivity contribution in [2.75, 3.05) is 18.9 Å². The normalized spacial score (nSPS) is 18.0. The summed E-state index contributed by atoms with van der Waals surface area (Å²) in [5.74, 6) is -0.221. The van der Waals surface area contributed by atoms with Crippen molar-refractivity contribution in [3.05, 3.63) is 36.5 Å². The molecule has 114 valence electrons. The maximum absolute atomic E-state index is 11.9. The van der Waals surface area contributed by atoms with Crippen molar-refractivity contribution in [2.45, 2.75) is 6.04 Å². The lowest BCUT2D eigenvalue weighted by Gasteiger charge is -2.09. The number of hydrogen-bond acceptors (Lipinski definition) is 5. The summed E-state index contributed by atoms with van der Waals surface area (Å²) in [6.07, 6.45) is 1.71. The van der Waals surface area contributed by atoms with Crippen molar-refractivity contribution in [1.29, 1.82) is 0 Å². The molecule has 0 saturated carbocycles. The highest BCUT2D eigenvalue weighted by Gasteiger charge is 2.29. The molecular weight excluding hydrogens is 302 g/mol. The van der Waals surface area contributed by atoms with E-state index in [-0.39, 0.29) is 5.91 Å². The van der Waals surface area contributed by atoms with Crippen molar-refractivity contribution in [1.82, 2.24) is 20.7 Å². The van der Waals surface area contributed by atoms with E-state index in [1.54, 1.807) is 18.3 Å². The number of nitrogens with one attached hydrogen (secondary N) is 3. The van der Waals surface area contributed by atoms with E-state index in [1.165, 1.54) is 11.3 Å². The van der Waals surface area contributed by atoms with Gasteiger partial charge in [0.05, 0.1) is 4.88 Å². The van der Waals surface area contributed by atoms with E-state index in [2.05, 4.69) is 21.0 Å². The van der Waals surface area contributed by atoms with Gasteiger partial charge in [0.15, 0.2) is 5.13 Å². The Morgan fingerprint density at radius 2 is 2.18 bits per heavy atom. The van der Waals surface area contributed by atoms with E-state index >= 15 is 0 Å². The van der Waals surface area contributed by atoms with Gasteiger partial charge < -0.3 is 5.32 Å². The van der Waals surface area contributed by atoms with Gasteiger partial charge >= 0.3 is 6.03 Å². The number of thiazole rings is 1. The summed E-state index contributed by atoms with van der Waals surface area (Å²) in [5.41, 5.74) is 3.65. The zero-order chi connectivity index (χ0) is 15.5.